The second-order valence-electron chi connectivity index (χ2n) is 4.40. The summed E-state index contributed by atoms with van der Waals surface area (Å²) in [5.74, 6) is -0.784. The van der Waals surface area contributed by atoms with Gasteiger partial charge in [-0.3, -0.25) is 0 Å². The van der Waals surface area contributed by atoms with Crippen LogP contribution in [0.15, 0.2) is 18.2 Å². The molecule has 0 aliphatic rings. The van der Waals surface area contributed by atoms with E-state index in [4.69, 9.17) is 4.74 Å². The number of methoxy groups -OCH3 is 1. The second kappa shape index (κ2) is 7.44. The van der Waals surface area contributed by atoms with Crippen molar-refractivity contribution in [2.75, 3.05) is 14.2 Å². The van der Waals surface area contributed by atoms with Gasteiger partial charge in [0.1, 0.15) is 11.6 Å². The van der Waals surface area contributed by atoms with E-state index in [0.717, 1.165) is 18.9 Å². The molecule has 0 bridgehead atoms. The highest BCUT2D eigenvalue weighted by atomic mass is 19.1. The molecule has 1 aromatic rings. The largest absolute Gasteiger partial charge is 0.380 e. The summed E-state index contributed by atoms with van der Waals surface area (Å²) >= 11 is 0. The first-order valence-electron chi connectivity index (χ1n) is 6.26. The lowest BCUT2D eigenvalue weighted by Crippen LogP contribution is -2.40. The fourth-order valence-corrected chi connectivity index (χ4v) is 2.12. The van der Waals surface area contributed by atoms with E-state index in [-0.39, 0.29) is 18.0 Å². The molecule has 4 heteroatoms. The molecule has 0 radical (unpaired) electrons. The maximum absolute atomic E-state index is 13.6. The smallest absolute Gasteiger partial charge is 0.126 e. The zero-order valence-electron chi connectivity index (χ0n) is 11.2. The first kappa shape index (κ1) is 15.1. The highest BCUT2D eigenvalue weighted by Crippen LogP contribution is 2.16. The van der Waals surface area contributed by atoms with Crippen LogP contribution in [-0.2, 0) is 11.2 Å². The number of likely N-dealkylation sites (N-methyl/N-ethyl adjacent to an activating group) is 1. The van der Waals surface area contributed by atoms with Crippen molar-refractivity contribution in [3.8, 4) is 0 Å². The van der Waals surface area contributed by atoms with Crippen LogP contribution >= 0.6 is 0 Å². The minimum atomic E-state index is -0.411. The molecule has 0 saturated carbocycles. The number of nitrogens with one attached hydrogen (secondary N) is 1. The molecule has 0 amide bonds. The normalized spacial score (nSPS) is 14.5. The van der Waals surface area contributed by atoms with Crippen LogP contribution in [0.2, 0.25) is 0 Å². The minimum Gasteiger partial charge on any atom is -0.380 e. The molecule has 102 valence electrons. The molecule has 18 heavy (non-hydrogen) atoms. The zero-order chi connectivity index (χ0) is 13.5. The predicted octanol–water partition coefficient (Wildman–Crippen LogP) is 2.91. The van der Waals surface area contributed by atoms with Gasteiger partial charge in [-0.25, -0.2) is 8.78 Å². The van der Waals surface area contributed by atoms with Crippen molar-refractivity contribution in [3.63, 3.8) is 0 Å². The molecule has 1 aromatic carbocycles. The van der Waals surface area contributed by atoms with E-state index in [9.17, 15) is 8.78 Å². The molecule has 0 saturated heterocycles. The van der Waals surface area contributed by atoms with Gasteiger partial charge in [0.2, 0.25) is 0 Å². The van der Waals surface area contributed by atoms with Crippen LogP contribution in [0.4, 0.5) is 8.78 Å². The Morgan fingerprint density at radius 3 is 2.61 bits per heavy atom. The topological polar surface area (TPSA) is 21.3 Å². The maximum Gasteiger partial charge on any atom is 0.126 e. The van der Waals surface area contributed by atoms with Crippen molar-refractivity contribution in [2.45, 2.75) is 38.3 Å². The Labute approximate surface area is 107 Å². The Hall–Kier alpha value is -1.00. The molecule has 2 nitrogen and oxygen atoms in total. The van der Waals surface area contributed by atoms with Crippen molar-refractivity contribution in [2.24, 2.45) is 0 Å². The first-order chi connectivity index (χ1) is 8.62. The van der Waals surface area contributed by atoms with Crippen LogP contribution in [0.5, 0.6) is 0 Å². The van der Waals surface area contributed by atoms with Crippen molar-refractivity contribution in [1.29, 1.82) is 0 Å². The fraction of sp³-hybridized carbons (Fsp3) is 0.571. The lowest BCUT2D eigenvalue weighted by Gasteiger charge is -2.25. The van der Waals surface area contributed by atoms with E-state index in [1.54, 1.807) is 7.11 Å². The van der Waals surface area contributed by atoms with Gasteiger partial charge in [-0.15, -0.1) is 0 Å². The molecule has 1 rings (SSSR count). The third kappa shape index (κ3) is 4.03. The van der Waals surface area contributed by atoms with Gasteiger partial charge in [-0.1, -0.05) is 13.3 Å². The van der Waals surface area contributed by atoms with Gasteiger partial charge in [0.15, 0.2) is 0 Å². The molecular formula is C14H21F2NO. The van der Waals surface area contributed by atoms with E-state index < -0.39 is 5.82 Å². The minimum absolute atomic E-state index is 0.00247. The Kier molecular flexibility index (Phi) is 6.22. The Morgan fingerprint density at radius 2 is 2.06 bits per heavy atom. The number of ether oxygens (including phenoxy) is 1. The summed E-state index contributed by atoms with van der Waals surface area (Å²) < 4.78 is 32.1. The predicted molar refractivity (Wildman–Crippen MR) is 68.6 cm³/mol. The summed E-state index contributed by atoms with van der Waals surface area (Å²) in [5, 5.41) is 3.12. The summed E-state index contributed by atoms with van der Waals surface area (Å²) in [6.07, 6.45) is 2.29. The van der Waals surface area contributed by atoms with Crippen LogP contribution in [0.1, 0.15) is 25.3 Å². The standard InChI is InChI=1S/C14H21F2NO/c1-4-5-14(18-3)13(17-2)9-10-8-11(15)6-7-12(10)16/h6-8,13-14,17H,4-5,9H2,1-3H3. The van der Waals surface area contributed by atoms with Gasteiger partial charge < -0.3 is 10.1 Å². The molecule has 2 unspecified atom stereocenters. The number of benzene rings is 1. The van der Waals surface area contributed by atoms with E-state index in [2.05, 4.69) is 12.2 Å². The summed E-state index contributed by atoms with van der Waals surface area (Å²) in [6, 6.07) is 3.52. The third-order valence-electron chi connectivity index (χ3n) is 3.14. The monoisotopic (exact) mass is 257 g/mol. The molecule has 0 fully saturated rings. The number of hydrogen-bond donors (Lipinski definition) is 1. The molecule has 0 heterocycles. The van der Waals surface area contributed by atoms with Crippen LogP contribution < -0.4 is 5.32 Å². The molecule has 0 aliphatic heterocycles. The average Bonchev–Trinajstić information content (AvgIpc) is 2.37. The van der Waals surface area contributed by atoms with E-state index in [0.29, 0.717) is 12.0 Å². The zero-order valence-corrected chi connectivity index (χ0v) is 11.2. The Morgan fingerprint density at radius 1 is 1.33 bits per heavy atom. The second-order valence-corrected chi connectivity index (χ2v) is 4.40. The molecule has 1 N–H and O–H groups in total. The SMILES string of the molecule is CCCC(OC)C(Cc1cc(F)ccc1F)NC. The summed E-state index contributed by atoms with van der Waals surface area (Å²) in [5.41, 5.74) is 0.382. The van der Waals surface area contributed by atoms with Gasteiger partial charge in [0, 0.05) is 13.2 Å². The van der Waals surface area contributed by atoms with Gasteiger partial charge >= 0.3 is 0 Å². The van der Waals surface area contributed by atoms with E-state index >= 15 is 0 Å². The number of hydrogen-bond acceptors (Lipinski definition) is 2. The average molecular weight is 257 g/mol. The van der Waals surface area contributed by atoms with E-state index in [1.807, 2.05) is 7.05 Å². The maximum atomic E-state index is 13.6. The van der Waals surface area contributed by atoms with Crippen molar-refractivity contribution >= 4 is 0 Å². The van der Waals surface area contributed by atoms with Crippen LogP contribution in [0.25, 0.3) is 0 Å². The third-order valence-corrected chi connectivity index (χ3v) is 3.14. The summed E-state index contributed by atoms with van der Waals surface area (Å²) in [7, 11) is 3.45. The van der Waals surface area contributed by atoms with Gasteiger partial charge in [0.25, 0.3) is 0 Å². The first-order valence-corrected chi connectivity index (χ1v) is 6.26. The van der Waals surface area contributed by atoms with Crippen molar-refractivity contribution in [3.05, 3.63) is 35.4 Å². The van der Waals surface area contributed by atoms with Gasteiger partial charge in [0.05, 0.1) is 6.10 Å². The fourth-order valence-electron chi connectivity index (χ4n) is 2.12. The summed E-state index contributed by atoms with van der Waals surface area (Å²) in [6.45, 7) is 2.07. The van der Waals surface area contributed by atoms with Gasteiger partial charge in [-0.2, -0.15) is 0 Å². The van der Waals surface area contributed by atoms with Crippen LogP contribution in [-0.4, -0.2) is 26.3 Å². The highest BCUT2D eigenvalue weighted by molar-refractivity contribution is 5.20. The van der Waals surface area contributed by atoms with E-state index in [1.165, 1.54) is 12.1 Å². The summed E-state index contributed by atoms with van der Waals surface area (Å²) in [4.78, 5) is 0. The molecular weight excluding hydrogens is 236 g/mol. The molecule has 0 aliphatic carbocycles. The number of rotatable bonds is 7. The highest BCUT2D eigenvalue weighted by Gasteiger charge is 2.20. The lowest BCUT2D eigenvalue weighted by atomic mass is 9.98. The molecule has 0 spiro atoms. The van der Waals surface area contributed by atoms with Gasteiger partial charge in [-0.05, 0) is 43.7 Å². The molecule has 0 aromatic heterocycles. The van der Waals surface area contributed by atoms with Crippen LogP contribution in [0.3, 0.4) is 0 Å². The lowest BCUT2D eigenvalue weighted by molar-refractivity contribution is 0.0630. The Balaban J connectivity index is 2.81. The van der Waals surface area contributed by atoms with Crippen molar-refractivity contribution in [1.82, 2.24) is 5.32 Å². The quantitative estimate of drug-likeness (QED) is 0.811. The van der Waals surface area contributed by atoms with Crippen molar-refractivity contribution < 1.29 is 13.5 Å². The molecule has 2 atom stereocenters. The van der Waals surface area contributed by atoms with Crippen LogP contribution in [0, 0.1) is 11.6 Å². The Bertz CT molecular complexity index is 371. The number of halogens is 2.